The van der Waals surface area contributed by atoms with Crippen LogP contribution in [0.3, 0.4) is 0 Å². The average molecular weight is 288 g/mol. The monoisotopic (exact) mass is 287 g/mol. The maximum Gasteiger partial charge on any atom is 0.326 e. The third-order valence-corrected chi connectivity index (χ3v) is 3.10. The van der Waals surface area contributed by atoms with Gasteiger partial charge in [-0.05, 0) is 5.92 Å². The van der Waals surface area contributed by atoms with Crippen LogP contribution in [0, 0.1) is 16.0 Å². The first-order valence-electron chi connectivity index (χ1n) is 5.66. The van der Waals surface area contributed by atoms with E-state index in [4.69, 9.17) is 16.7 Å². The van der Waals surface area contributed by atoms with Gasteiger partial charge in [-0.25, -0.2) is 9.78 Å². The zero-order valence-corrected chi connectivity index (χ0v) is 11.2. The number of halogens is 1. The summed E-state index contributed by atoms with van der Waals surface area (Å²) in [6.45, 7) is 3.65. The normalized spacial score (nSPS) is 13.6. The van der Waals surface area contributed by atoms with Crippen LogP contribution in [0.25, 0.3) is 0 Å². The molecule has 2 atom stereocenters. The number of pyridine rings is 1. The first-order valence-corrected chi connectivity index (χ1v) is 6.03. The van der Waals surface area contributed by atoms with Crippen LogP contribution in [-0.2, 0) is 4.79 Å². The molecule has 19 heavy (non-hydrogen) atoms. The Labute approximate surface area is 114 Å². The third-order valence-electron chi connectivity index (χ3n) is 2.81. The van der Waals surface area contributed by atoms with Crippen LogP contribution in [0.2, 0.25) is 5.02 Å². The fourth-order valence-corrected chi connectivity index (χ4v) is 1.68. The first kappa shape index (κ1) is 15.2. The largest absolute Gasteiger partial charge is 0.480 e. The summed E-state index contributed by atoms with van der Waals surface area (Å²) >= 11 is 5.85. The van der Waals surface area contributed by atoms with Crippen LogP contribution >= 0.6 is 11.6 Å². The second-order valence-corrected chi connectivity index (χ2v) is 4.53. The van der Waals surface area contributed by atoms with Crippen LogP contribution < -0.4 is 5.32 Å². The summed E-state index contributed by atoms with van der Waals surface area (Å²) in [5.41, 5.74) is -0.244. The van der Waals surface area contributed by atoms with Crippen molar-refractivity contribution in [3.8, 4) is 0 Å². The lowest BCUT2D eigenvalue weighted by Gasteiger charge is -2.20. The molecule has 0 spiro atoms. The van der Waals surface area contributed by atoms with E-state index < -0.39 is 16.9 Å². The van der Waals surface area contributed by atoms with Gasteiger partial charge in [-0.3, -0.25) is 10.1 Å². The minimum absolute atomic E-state index is 0.0174. The third kappa shape index (κ3) is 3.78. The molecule has 2 N–H and O–H groups in total. The van der Waals surface area contributed by atoms with Crippen molar-refractivity contribution >= 4 is 29.1 Å². The quantitative estimate of drug-likeness (QED) is 0.615. The number of carboxylic acids is 1. The van der Waals surface area contributed by atoms with Crippen LogP contribution in [0.4, 0.5) is 11.5 Å². The number of aliphatic carboxylic acids is 1. The molecule has 1 aromatic rings. The smallest absolute Gasteiger partial charge is 0.326 e. The van der Waals surface area contributed by atoms with E-state index in [-0.39, 0.29) is 22.4 Å². The second kappa shape index (κ2) is 6.33. The zero-order valence-electron chi connectivity index (χ0n) is 10.5. The number of nitrogens with one attached hydrogen (secondary N) is 1. The number of hydrogen-bond donors (Lipinski definition) is 2. The van der Waals surface area contributed by atoms with E-state index in [1.54, 1.807) is 6.92 Å². The summed E-state index contributed by atoms with van der Waals surface area (Å²) in [6, 6.07) is 0.281. The molecule has 0 saturated heterocycles. The van der Waals surface area contributed by atoms with E-state index in [9.17, 15) is 14.9 Å². The van der Waals surface area contributed by atoms with Crippen molar-refractivity contribution < 1.29 is 14.8 Å². The number of nitro groups is 1. The predicted molar refractivity (Wildman–Crippen MR) is 70.4 cm³/mol. The number of aromatic nitrogens is 1. The van der Waals surface area contributed by atoms with E-state index in [1.165, 1.54) is 0 Å². The van der Waals surface area contributed by atoms with E-state index >= 15 is 0 Å². The standard InChI is InChI=1S/C11H14ClN3O4/c1-3-6(2)9(11(16)17)14-10-8(12)4-7(5-13-10)15(18)19/h4-6,9H,3H2,1-2H3,(H,13,14)(H,16,17)/t6-,9-/m0/s1. The second-order valence-electron chi connectivity index (χ2n) is 4.13. The highest BCUT2D eigenvalue weighted by atomic mass is 35.5. The van der Waals surface area contributed by atoms with E-state index in [2.05, 4.69) is 10.3 Å². The topological polar surface area (TPSA) is 105 Å². The molecule has 8 heteroatoms. The van der Waals surface area contributed by atoms with Crippen molar-refractivity contribution in [2.75, 3.05) is 5.32 Å². The molecule has 7 nitrogen and oxygen atoms in total. The van der Waals surface area contributed by atoms with Gasteiger partial charge in [0.15, 0.2) is 0 Å². The highest BCUT2D eigenvalue weighted by Crippen LogP contribution is 2.25. The fourth-order valence-electron chi connectivity index (χ4n) is 1.46. The molecule has 0 fully saturated rings. The Balaban J connectivity index is 2.97. The lowest BCUT2D eigenvalue weighted by Crippen LogP contribution is -2.35. The van der Waals surface area contributed by atoms with Crippen molar-refractivity contribution in [1.29, 1.82) is 0 Å². The van der Waals surface area contributed by atoms with Gasteiger partial charge >= 0.3 is 5.97 Å². The van der Waals surface area contributed by atoms with Gasteiger partial charge in [0.2, 0.25) is 0 Å². The molecule has 0 unspecified atom stereocenters. The molecular weight excluding hydrogens is 274 g/mol. The number of carbonyl (C=O) groups is 1. The minimum atomic E-state index is -1.02. The highest BCUT2D eigenvalue weighted by Gasteiger charge is 2.25. The summed E-state index contributed by atoms with van der Waals surface area (Å²) in [7, 11) is 0. The summed E-state index contributed by atoms with van der Waals surface area (Å²) in [4.78, 5) is 24.9. The molecule has 0 aliphatic heterocycles. The number of hydrogen-bond acceptors (Lipinski definition) is 5. The molecule has 0 aliphatic rings. The molecule has 0 saturated carbocycles. The molecule has 1 aromatic heterocycles. The number of carboxylic acid groups (broad SMARTS) is 1. The zero-order chi connectivity index (χ0) is 14.6. The molecule has 0 aromatic carbocycles. The summed E-state index contributed by atoms with van der Waals surface area (Å²) in [5.74, 6) is -1.03. The lowest BCUT2D eigenvalue weighted by atomic mass is 9.99. The van der Waals surface area contributed by atoms with Crippen molar-refractivity contribution in [1.82, 2.24) is 4.98 Å². The van der Waals surface area contributed by atoms with Crippen LogP contribution in [-0.4, -0.2) is 27.0 Å². The van der Waals surface area contributed by atoms with Crippen LogP contribution in [0.15, 0.2) is 12.3 Å². The van der Waals surface area contributed by atoms with Crippen molar-refractivity contribution in [2.45, 2.75) is 26.3 Å². The van der Waals surface area contributed by atoms with Gasteiger partial charge in [-0.1, -0.05) is 31.9 Å². The average Bonchev–Trinajstić information content (AvgIpc) is 2.35. The Kier molecular flexibility index (Phi) is 5.05. The van der Waals surface area contributed by atoms with Gasteiger partial charge in [-0.2, -0.15) is 0 Å². The van der Waals surface area contributed by atoms with E-state index in [0.717, 1.165) is 12.3 Å². The maximum atomic E-state index is 11.1. The molecule has 0 radical (unpaired) electrons. The summed E-state index contributed by atoms with van der Waals surface area (Å²) in [5, 5.41) is 22.4. The number of anilines is 1. The number of rotatable bonds is 6. The van der Waals surface area contributed by atoms with Gasteiger partial charge in [0.25, 0.3) is 5.69 Å². The predicted octanol–water partition coefficient (Wildman–Crippen LogP) is 2.55. The Bertz CT molecular complexity index is 495. The van der Waals surface area contributed by atoms with Crippen molar-refractivity contribution in [2.24, 2.45) is 5.92 Å². The van der Waals surface area contributed by atoms with Crippen LogP contribution in [0.1, 0.15) is 20.3 Å². The SMILES string of the molecule is CC[C@H](C)[C@H](Nc1ncc([N+](=O)[O-])cc1Cl)C(=O)O. The van der Waals surface area contributed by atoms with Crippen molar-refractivity contribution in [3.63, 3.8) is 0 Å². The lowest BCUT2D eigenvalue weighted by molar-refractivity contribution is -0.385. The molecular formula is C11H14ClN3O4. The van der Waals surface area contributed by atoms with Gasteiger partial charge < -0.3 is 10.4 Å². The van der Waals surface area contributed by atoms with E-state index in [1.807, 2.05) is 6.92 Å². The summed E-state index contributed by atoms with van der Waals surface area (Å²) < 4.78 is 0. The van der Waals surface area contributed by atoms with Gasteiger partial charge in [-0.15, -0.1) is 0 Å². The van der Waals surface area contributed by atoms with Gasteiger partial charge in [0, 0.05) is 6.07 Å². The first-order chi connectivity index (χ1) is 8.86. The van der Waals surface area contributed by atoms with Gasteiger partial charge in [0.1, 0.15) is 18.1 Å². The maximum absolute atomic E-state index is 11.1. The molecule has 1 rings (SSSR count). The minimum Gasteiger partial charge on any atom is -0.480 e. The summed E-state index contributed by atoms with van der Waals surface area (Å²) in [6.07, 6.45) is 1.69. The molecule has 1 heterocycles. The Hall–Kier alpha value is -1.89. The Morgan fingerprint density at radius 3 is 2.74 bits per heavy atom. The van der Waals surface area contributed by atoms with E-state index in [0.29, 0.717) is 6.42 Å². The Morgan fingerprint density at radius 1 is 1.68 bits per heavy atom. The van der Waals surface area contributed by atoms with Crippen LogP contribution in [0.5, 0.6) is 0 Å². The molecule has 104 valence electrons. The molecule has 0 bridgehead atoms. The Morgan fingerprint density at radius 2 is 2.32 bits per heavy atom. The van der Waals surface area contributed by atoms with Crippen molar-refractivity contribution in [3.05, 3.63) is 27.4 Å². The highest BCUT2D eigenvalue weighted by molar-refractivity contribution is 6.33. The fraction of sp³-hybridized carbons (Fsp3) is 0.455. The van der Waals surface area contributed by atoms with Gasteiger partial charge in [0.05, 0.1) is 9.95 Å². The number of nitrogens with zero attached hydrogens (tertiary/aromatic N) is 2. The molecule has 0 amide bonds. The molecule has 0 aliphatic carbocycles.